The Kier molecular flexibility index (Phi) is 6.74. The maximum atomic E-state index is 13.3. The molecule has 4 fully saturated rings. The van der Waals surface area contributed by atoms with Crippen LogP contribution in [0.25, 0.3) is 11.3 Å². The van der Waals surface area contributed by atoms with Gasteiger partial charge in [-0.1, -0.05) is 12.1 Å². The summed E-state index contributed by atoms with van der Waals surface area (Å²) in [6, 6.07) is 7.21. The van der Waals surface area contributed by atoms with Gasteiger partial charge >= 0.3 is 0 Å². The number of ether oxygens (including phenoxy) is 1. The van der Waals surface area contributed by atoms with Gasteiger partial charge in [-0.2, -0.15) is 0 Å². The van der Waals surface area contributed by atoms with E-state index in [1.807, 2.05) is 22.4 Å². The summed E-state index contributed by atoms with van der Waals surface area (Å²) in [6.45, 7) is 1.44. The molecule has 2 saturated carbocycles. The predicted molar refractivity (Wildman–Crippen MR) is 140 cm³/mol. The van der Waals surface area contributed by atoms with E-state index < -0.39 is 6.04 Å². The number of amides is 3. The summed E-state index contributed by atoms with van der Waals surface area (Å²) < 4.78 is 5.52. The lowest BCUT2D eigenvalue weighted by atomic mass is 9.98. The lowest BCUT2D eigenvalue weighted by Gasteiger charge is -2.35. The number of benzene rings is 1. The van der Waals surface area contributed by atoms with Crippen LogP contribution in [-0.2, 0) is 14.3 Å². The molecule has 3 heterocycles. The van der Waals surface area contributed by atoms with E-state index >= 15 is 0 Å². The maximum absolute atomic E-state index is 13.3. The summed E-state index contributed by atoms with van der Waals surface area (Å²) >= 11 is 3.10. The molecule has 8 nitrogen and oxygen atoms in total. The molecule has 190 valence electrons. The lowest BCUT2D eigenvalue weighted by Crippen LogP contribution is -2.50. The van der Waals surface area contributed by atoms with Crippen molar-refractivity contribution < 1.29 is 19.1 Å². The van der Waals surface area contributed by atoms with Crippen molar-refractivity contribution in [3.8, 4) is 11.3 Å². The van der Waals surface area contributed by atoms with Crippen LogP contribution in [-0.4, -0.2) is 64.0 Å². The van der Waals surface area contributed by atoms with Crippen LogP contribution in [0.1, 0.15) is 48.9 Å². The second kappa shape index (κ2) is 10.1. The zero-order valence-corrected chi connectivity index (χ0v) is 21.6. The third kappa shape index (κ3) is 5.17. The molecule has 6 rings (SSSR count). The van der Waals surface area contributed by atoms with E-state index in [0.29, 0.717) is 28.4 Å². The molecule has 2 unspecified atom stereocenters. The van der Waals surface area contributed by atoms with Crippen molar-refractivity contribution in [1.82, 2.24) is 15.2 Å². The Balaban J connectivity index is 1.12. The molecular weight excluding hydrogens is 496 g/mol. The molecule has 10 heteroatoms. The van der Waals surface area contributed by atoms with Crippen LogP contribution >= 0.6 is 23.1 Å². The number of carbonyl (C=O) groups is 3. The molecule has 0 radical (unpaired) electrons. The number of thiazole rings is 1. The Morgan fingerprint density at radius 2 is 1.75 bits per heavy atom. The third-order valence-corrected chi connectivity index (χ3v) is 9.50. The number of nitrogens with one attached hydrogen (secondary N) is 2. The van der Waals surface area contributed by atoms with Gasteiger partial charge in [0.15, 0.2) is 5.13 Å². The minimum absolute atomic E-state index is 0.0419. The molecule has 2 atom stereocenters. The minimum Gasteiger partial charge on any atom is -0.381 e. The fraction of sp³-hybridized carbons (Fsp3) is 0.538. The highest BCUT2D eigenvalue weighted by Gasteiger charge is 2.48. The van der Waals surface area contributed by atoms with Crippen molar-refractivity contribution in [2.45, 2.75) is 56.0 Å². The average Bonchev–Trinajstić information content (AvgIpc) is 3.83. The first kappa shape index (κ1) is 23.9. The van der Waals surface area contributed by atoms with Crippen molar-refractivity contribution >= 4 is 46.0 Å². The number of thioether (sulfide) groups is 1. The maximum Gasteiger partial charge on any atom is 0.251 e. The first-order chi connectivity index (χ1) is 17.6. The van der Waals surface area contributed by atoms with E-state index in [1.54, 1.807) is 23.9 Å². The van der Waals surface area contributed by atoms with Crippen molar-refractivity contribution in [3.63, 3.8) is 0 Å². The molecule has 1 aromatic carbocycles. The van der Waals surface area contributed by atoms with Gasteiger partial charge < -0.3 is 20.3 Å². The summed E-state index contributed by atoms with van der Waals surface area (Å²) in [7, 11) is 0. The monoisotopic (exact) mass is 526 g/mol. The number of aromatic nitrogens is 1. The summed E-state index contributed by atoms with van der Waals surface area (Å²) in [6.07, 6.45) is 5.81. The Labute approximate surface area is 218 Å². The molecule has 3 amide bonds. The zero-order chi connectivity index (χ0) is 24.6. The first-order valence-electron chi connectivity index (χ1n) is 12.8. The topological polar surface area (TPSA) is 101 Å². The Hall–Kier alpha value is -2.43. The van der Waals surface area contributed by atoms with E-state index in [-0.39, 0.29) is 29.0 Å². The van der Waals surface area contributed by atoms with Gasteiger partial charge in [0.1, 0.15) is 6.04 Å². The van der Waals surface area contributed by atoms with Crippen LogP contribution in [0.5, 0.6) is 0 Å². The molecule has 1 aromatic heterocycles. The van der Waals surface area contributed by atoms with Gasteiger partial charge in [-0.05, 0) is 56.6 Å². The number of rotatable bonds is 7. The molecule has 0 bridgehead atoms. The summed E-state index contributed by atoms with van der Waals surface area (Å²) in [5.74, 6) is 0.956. The normalized spacial score (nSPS) is 24.5. The van der Waals surface area contributed by atoms with Crippen molar-refractivity contribution in [1.29, 1.82) is 0 Å². The molecule has 36 heavy (non-hydrogen) atoms. The Bertz CT molecular complexity index is 1140. The van der Waals surface area contributed by atoms with E-state index in [4.69, 9.17) is 4.74 Å². The van der Waals surface area contributed by atoms with E-state index in [9.17, 15) is 14.4 Å². The van der Waals surface area contributed by atoms with Gasteiger partial charge in [0.25, 0.3) is 5.91 Å². The Morgan fingerprint density at radius 3 is 2.44 bits per heavy atom. The molecule has 2 saturated heterocycles. The SMILES string of the molecule is O=C(NC1CC1)c1ccc(-c2csc(NC(=O)C3CSC(C4CCOCC4)N3C(=O)C3CC3)n2)cc1. The number of carbonyl (C=O) groups excluding carboxylic acids is 3. The molecule has 4 aliphatic rings. The quantitative estimate of drug-likeness (QED) is 0.570. The van der Waals surface area contributed by atoms with Gasteiger partial charge in [0.2, 0.25) is 11.8 Å². The Morgan fingerprint density at radius 1 is 1.00 bits per heavy atom. The van der Waals surface area contributed by atoms with E-state index in [2.05, 4.69) is 15.6 Å². The predicted octanol–water partition coefficient (Wildman–Crippen LogP) is 3.75. The van der Waals surface area contributed by atoms with E-state index in [1.165, 1.54) is 11.3 Å². The van der Waals surface area contributed by atoms with Gasteiger partial charge in [-0.25, -0.2) is 4.98 Å². The van der Waals surface area contributed by atoms with Gasteiger partial charge in [0, 0.05) is 47.4 Å². The fourth-order valence-electron chi connectivity index (χ4n) is 4.86. The zero-order valence-electron chi connectivity index (χ0n) is 20.0. The van der Waals surface area contributed by atoms with Crippen LogP contribution in [0.2, 0.25) is 0 Å². The highest BCUT2D eigenvalue weighted by Crippen LogP contribution is 2.42. The highest BCUT2D eigenvalue weighted by atomic mass is 32.2. The van der Waals surface area contributed by atoms with Crippen molar-refractivity contribution in [2.75, 3.05) is 24.3 Å². The first-order valence-corrected chi connectivity index (χ1v) is 14.7. The van der Waals surface area contributed by atoms with Crippen LogP contribution in [0.4, 0.5) is 5.13 Å². The fourth-order valence-corrected chi connectivity index (χ4v) is 7.22. The molecule has 2 N–H and O–H groups in total. The summed E-state index contributed by atoms with van der Waals surface area (Å²) in [5, 5.41) is 8.42. The number of nitrogens with zero attached hydrogens (tertiary/aromatic N) is 2. The second-order valence-electron chi connectivity index (χ2n) is 10.1. The highest BCUT2D eigenvalue weighted by molar-refractivity contribution is 8.00. The standard InChI is InChI=1S/C26H30N4O4S2/c31-22(27-19-7-8-19)16-3-1-15(2-4-16)20-13-36-26(28-20)29-23(32)21-14-35-25(18-9-11-34-12-10-18)30(21)24(33)17-5-6-17/h1-4,13,17-19,21,25H,5-12,14H2,(H,27,31)(H,28,29,32). The van der Waals surface area contributed by atoms with E-state index in [0.717, 1.165) is 63.0 Å². The lowest BCUT2D eigenvalue weighted by molar-refractivity contribution is -0.140. The van der Waals surface area contributed by atoms with Crippen LogP contribution < -0.4 is 10.6 Å². The van der Waals surface area contributed by atoms with Gasteiger partial charge in [0.05, 0.1) is 11.1 Å². The van der Waals surface area contributed by atoms with Gasteiger partial charge in [-0.3, -0.25) is 14.4 Å². The second-order valence-corrected chi connectivity index (χ2v) is 12.1. The largest absolute Gasteiger partial charge is 0.381 e. The number of hydrogen-bond donors (Lipinski definition) is 2. The molecule has 0 spiro atoms. The van der Waals surface area contributed by atoms with Crippen molar-refractivity contribution in [3.05, 3.63) is 35.2 Å². The van der Waals surface area contributed by atoms with Crippen LogP contribution in [0.3, 0.4) is 0 Å². The molecule has 2 aromatic rings. The molecular formula is C26H30N4O4S2. The van der Waals surface area contributed by atoms with Crippen LogP contribution in [0, 0.1) is 11.8 Å². The summed E-state index contributed by atoms with van der Waals surface area (Å²) in [5.41, 5.74) is 2.26. The minimum atomic E-state index is -0.479. The molecule has 2 aliphatic heterocycles. The van der Waals surface area contributed by atoms with Crippen molar-refractivity contribution in [2.24, 2.45) is 11.8 Å². The smallest absolute Gasteiger partial charge is 0.251 e. The third-order valence-electron chi connectivity index (χ3n) is 7.28. The average molecular weight is 527 g/mol. The number of hydrogen-bond acceptors (Lipinski definition) is 7. The summed E-state index contributed by atoms with van der Waals surface area (Å²) in [4.78, 5) is 45.3. The number of anilines is 1. The molecule has 2 aliphatic carbocycles. The van der Waals surface area contributed by atoms with Crippen LogP contribution in [0.15, 0.2) is 29.6 Å². The van der Waals surface area contributed by atoms with Gasteiger partial charge in [-0.15, -0.1) is 23.1 Å².